The molecule has 7 nitrogen and oxygen atoms in total. The molecule has 0 aliphatic carbocycles. The van der Waals surface area contributed by atoms with Gasteiger partial charge in [-0.1, -0.05) is 12.1 Å². The molecule has 0 fully saturated rings. The number of fused-ring (bicyclic) bond motifs is 1. The van der Waals surface area contributed by atoms with Gasteiger partial charge in [-0.2, -0.15) is 0 Å². The van der Waals surface area contributed by atoms with Gasteiger partial charge >= 0.3 is 5.97 Å². The first-order chi connectivity index (χ1) is 13.8. The Balaban J connectivity index is 1.64. The first-order valence-electron chi connectivity index (χ1n) is 8.97. The van der Waals surface area contributed by atoms with Crippen molar-refractivity contribution in [3.8, 4) is 0 Å². The number of imide groups is 1. The number of anilines is 1. The van der Waals surface area contributed by atoms with E-state index in [-0.39, 0.29) is 23.2 Å². The molecule has 0 aromatic heterocycles. The zero-order valence-corrected chi connectivity index (χ0v) is 16.2. The van der Waals surface area contributed by atoms with E-state index in [1.54, 1.807) is 6.07 Å². The quantitative estimate of drug-likeness (QED) is 0.464. The zero-order valence-electron chi connectivity index (χ0n) is 16.2. The molecular formula is C22H20N2O5. The van der Waals surface area contributed by atoms with Crippen LogP contribution in [0.2, 0.25) is 0 Å². The van der Waals surface area contributed by atoms with Crippen molar-refractivity contribution in [3.05, 3.63) is 76.9 Å². The fraction of sp³-hybridized carbons (Fsp3) is 0.182. The summed E-state index contributed by atoms with van der Waals surface area (Å²) in [6.07, 6.45) is 1.45. The molecule has 29 heavy (non-hydrogen) atoms. The molecular weight excluding hydrogens is 372 g/mol. The van der Waals surface area contributed by atoms with Crippen LogP contribution < -0.4 is 5.32 Å². The third-order valence-electron chi connectivity index (χ3n) is 4.64. The summed E-state index contributed by atoms with van der Waals surface area (Å²) in [5.41, 5.74) is 3.18. The van der Waals surface area contributed by atoms with Crippen molar-refractivity contribution >= 4 is 29.4 Å². The molecule has 2 aromatic carbocycles. The number of ether oxygens (including phenoxy) is 1. The molecule has 3 rings (SSSR count). The third kappa shape index (κ3) is 4.08. The monoisotopic (exact) mass is 392 g/mol. The lowest BCUT2D eigenvalue weighted by Crippen LogP contribution is -2.29. The fourth-order valence-electron chi connectivity index (χ4n) is 2.94. The Morgan fingerprint density at radius 2 is 1.76 bits per heavy atom. The minimum atomic E-state index is -0.759. The summed E-state index contributed by atoms with van der Waals surface area (Å²) < 4.78 is 5.04. The van der Waals surface area contributed by atoms with Gasteiger partial charge in [-0.25, -0.2) is 4.79 Å². The number of benzene rings is 2. The molecule has 0 radical (unpaired) electrons. The second-order valence-electron chi connectivity index (χ2n) is 6.69. The van der Waals surface area contributed by atoms with Crippen LogP contribution in [0.3, 0.4) is 0 Å². The Kier molecular flexibility index (Phi) is 5.59. The Hall–Kier alpha value is -3.74. The van der Waals surface area contributed by atoms with E-state index in [0.29, 0.717) is 5.69 Å². The van der Waals surface area contributed by atoms with Gasteiger partial charge in [0.2, 0.25) is 0 Å². The van der Waals surface area contributed by atoms with Crippen molar-refractivity contribution in [1.29, 1.82) is 0 Å². The summed E-state index contributed by atoms with van der Waals surface area (Å²) in [5.74, 6) is -2.17. The van der Waals surface area contributed by atoms with Gasteiger partial charge in [0.1, 0.15) is 0 Å². The van der Waals surface area contributed by atoms with Gasteiger partial charge < -0.3 is 10.1 Å². The van der Waals surface area contributed by atoms with Crippen LogP contribution in [0.5, 0.6) is 0 Å². The van der Waals surface area contributed by atoms with E-state index < -0.39 is 30.3 Å². The minimum absolute atomic E-state index is 0.0873. The Bertz CT molecular complexity index is 1040. The summed E-state index contributed by atoms with van der Waals surface area (Å²) in [7, 11) is 0. The smallest absolute Gasteiger partial charge is 0.338 e. The SMILES string of the molecule is C=CCN1C(=O)c2ccc(C(=O)OCC(=O)Nc3ccc(C)c(C)c3)cc2C1=O. The van der Waals surface area contributed by atoms with Crippen LogP contribution in [-0.4, -0.2) is 41.7 Å². The van der Waals surface area contributed by atoms with Crippen LogP contribution in [0.4, 0.5) is 5.69 Å². The summed E-state index contributed by atoms with van der Waals surface area (Å²) in [5, 5.41) is 2.66. The van der Waals surface area contributed by atoms with Gasteiger partial charge in [-0.15, -0.1) is 6.58 Å². The Morgan fingerprint density at radius 3 is 2.45 bits per heavy atom. The van der Waals surface area contributed by atoms with E-state index in [1.807, 2.05) is 26.0 Å². The van der Waals surface area contributed by atoms with Gasteiger partial charge in [0.05, 0.1) is 16.7 Å². The standard InChI is InChI=1S/C22H20N2O5/c1-4-9-24-20(26)17-8-6-15(11-18(17)21(24)27)22(28)29-12-19(25)23-16-7-5-13(2)14(3)10-16/h4-8,10-11H,1,9,12H2,2-3H3,(H,23,25). The molecule has 3 amide bonds. The van der Waals surface area contributed by atoms with Gasteiger partial charge in [0, 0.05) is 12.2 Å². The highest BCUT2D eigenvalue weighted by Gasteiger charge is 2.35. The topological polar surface area (TPSA) is 92.8 Å². The van der Waals surface area contributed by atoms with E-state index in [4.69, 9.17) is 4.74 Å². The predicted molar refractivity (Wildman–Crippen MR) is 107 cm³/mol. The Morgan fingerprint density at radius 1 is 1.03 bits per heavy atom. The predicted octanol–water partition coefficient (Wildman–Crippen LogP) is 2.88. The minimum Gasteiger partial charge on any atom is -0.452 e. The highest BCUT2D eigenvalue weighted by atomic mass is 16.5. The van der Waals surface area contributed by atoms with E-state index in [9.17, 15) is 19.2 Å². The first-order valence-corrected chi connectivity index (χ1v) is 8.97. The molecule has 0 saturated heterocycles. The number of hydrogen-bond donors (Lipinski definition) is 1. The number of amides is 3. The summed E-state index contributed by atoms with van der Waals surface area (Å²) >= 11 is 0. The van der Waals surface area contributed by atoms with Crippen LogP contribution in [-0.2, 0) is 9.53 Å². The second-order valence-corrected chi connectivity index (χ2v) is 6.69. The van der Waals surface area contributed by atoms with E-state index >= 15 is 0 Å². The number of rotatable bonds is 6. The maximum atomic E-state index is 12.3. The lowest BCUT2D eigenvalue weighted by atomic mass is 10.1. The number of nitrogens with one attached hydrogen (secondary N) is 1. The highest BCUT2D eigenvalue weighted by molar-refractivity contribution is 6.22. The Labute approximate surface area is 168 Å². The summed E-state index contributed by atoms with van der Waals surface area (Å²) in [6.45, 7) is 7.04. The fourth-order valence-corrected chi connectivity index (χ4v) is 2.94. The first kappa shape index (κ1) is 20.0. The molecule has 0 atom stereocenters. The molecule has 0 spiro atoms. The number of carbonyl (C=O) groups excluding carboxylic acids is 4. The number of esters is 1. The van der Waals surface area contributed by atoms with E-state index in [1.165, 1.54) is 24.3 Å². The van der Waals surface area contributed by atoms with Gasteiger partial charge in [-0.3, -0.25) is 19.3 Å². The van der Waals surface area contributed by atoms with Gasteiger partial charge in [0.25, 0.3) is 17.7 Å². The number of aryl methyl sites for hydroxylation is 2. The van der Waals surface area contributed by atoms with Crippen molar-refractivity contribution in [2.45, 2.75) is 13.8 Å². The van der Waals surface area contributed by atoms with E-state index in [0.717, 1.165) is 16.0 Å². The lowest BCUT2D eigenvalue weighted by Gasteiger charge is -2.09. The van der Waals surface area contributed by atoms with Crippen LogP contribution in [0.25, 0.3) is 0 Å². The van der Waals surface area contributed by atoms with Crippen molar-refractivity contribution < 1.29 is 23.9 Å². The average molecular weight is 392 g/mol. The van der Waals surface area contributed by atoms with Crippen LogP contribution in [0.1, 0.15) is 42.2 Å². The largest absolute Gasteiger partial charge is 0.452 e. The molecule has 1 N–H and O–H groups in total. The second kappa shape index (κ2) is 8.10. The normalized spacial score (nSPS) is 12.6. The van der Waals surface area contributed by atoms with Crippen molar-refractivity contribution in [2.75, 3.05) is 18.5 Å². The third-order valence-corrected chi connectivity index (χ3v) is 4.64. The molecule has 0 bridgehead atoms. The van der Waals surface area contributed by atoms with Gasteiger partial charge in [0.15, 0.2) is 6.61 Å². The number of nitrogens with zero attached hydrogens (tertiary/aromatic N) is 1. The highest BCUT2D eigenvalue weighted by Crippen LogP contribution is 2.24. The summed E-state index contributed by atoms with van der Waals surface area (Å²) in [6, 6.07) is 9.58. The molecule has 7 heteroatoms. The lowest BCUT2D eigenvalue weighted by molar-refractivity contribution is -0.119. The van der Waals surface area contributed by atoms with Crippen LogP contribution in [0.15, 0.2) is 49.1 Å². The van der Waals surface area contributed by atoms with Crippen LogP contribution >= 0.6 is 0 Å². The molecule has 0 unspecified atom stereocenters. The van der Waals surface area contributed by atoms with Crippen molar-refractivity contribution in [1.82, 2.24) is 4.90 Å². The number of carbonyl (C=O) groups is 4. The average Bonchev–Trinajstić information content (AvgIpc) is 2.93. The zero-order chi connectivity index (χ0) is 21.1. The molecule has 1 aliphatic heterocycles. The van der Waals surface area contributed by atoms with Crippen molar-refractivity contribution in [2.24, 2.45) is 0 Å². The molecule has 1 heterocycles. The van der Waals surface area contributed by atoms with E-state index in [2.05, 4.69) is 11.9 Å². The maximum absolute atomic E-state index is 12.3. The molecule has 2 aromatic rings. The summed E-state index contributed by atoms with van der Waals surface area (Å²) in [4.78, 5) is 49.9. The molecule has 148 valence electrons. The molecule has 0 saturated carbocycles. The van der Waals surface area contributed by atoms with Crippen molar-refractivity contribution in [3.63, 3.8) is 0 Å². The maximum Gasteiger partial charge on any atom is 0.338 e. The van der Waals surface area contributed by atoms with Crippen LogP contribution in [0, 0.1) is 13.8 Å². The molecule has 1 aliphatic rings. The number of hydrogen-bond acceptors (Lipinski definition) is 5. The van der Waals surface area contributed by atoms with Gasteiger partial charge in [-0.05, 0) is 55.3 Å².